The Balaban J connectivity index is 0.000000223. The predicted molar refractivity (Wildman–Crippen MR) is 121 cm³/mol. The van der Waals surface area contributed by atoms with E-state index in [4.69, 9.17) is 10.9 Å². The average Bonchev–Trinajstić information content (AvgIpc) is 3.11. The fraction of sp³-hybridized carbons (Fsp3) is 0.381. The molecule has 0 atom stereocenters. The first-order valence-electron chi connectivity index (χ1n) is 9.22. The van der Waals surface area contributed by atoms with Crippen molar-refractivity contribution in [3.63, 3.8) is 0 Å². The number of anilines is 1. The lowest BCUT2D eigenvalue weighted by atomic mass is 9.95. The molecule has 0 amide bonds. The number of nitrogens with one attached hydrogen (secondary N) is 1. The van der Waals surface area contributed by atoms with Gasteiger partial charge in [0.05, 0.1) is 15.7 Å². The lowest BCUT2D eigenvalue weighted by Gasteiger charge is -2.21. The third kappa shape index (κ3) is 5.61. The molecule has 2 aromatic heterocycles. The van der Waals surface area contributed by atoms with Gasteiger partial charge in [-0.05, 0) is 72.7 Å². The van der Waals surface area contributed by atoms with Gasteiger partial charge >= 0.3 is 0 Å². The van der Waals surface area contributed by atoms with Crippen LogP contribution in [0.25, 0.3) is 6.08 Å². The topological polar surface area (TPSA) is 77.0 Å². The van der Waals surface area contributed by atoms with Crippen LogP contribution in [0.2, 0.25) is 0 Å². The van der Waals surface area contributed by atoms with E-state index in [0.717, 1.165) is 36.3 Å². The van der Waals surface area contributed by atoms with Crippen LogP contribution in [0.3, 0.4) is 0 Å². The summed E-state index contributed by atoms with van der Waals surface area (Å²) < 4.78 is 1.20. The van der Waals surface area contributed by atoms with Gasteiger partial charge < -0.3 is 11.1 Å². The number of hydrogen-bond donors (Lipinski definition) is 3. The molecule has 1 aliphatic rings. The van der Waals surface area contributed by atoms with Crippen LogP contribution < -0.4 is 16.2 Å². The molecule has 0 fully saturated rings. The van der Waals surface area contributed by atoms with Gasteiger partial charge in [0.15, 0.2) is 0 Å². The summed E-state index contributed by atoms with van der Waals surface area (Å²) in [4.78, 5) is 4.66. The Hall–Kier alpha value is -1.76. The van der Waals surface area contributed by atoms with Crippen molar-refractivity contribution in [1.29, 1.82) is 0 Å². The van der Waals surface area contributed by atoms with E-state index in [1.807, 2.05) is 6.92 Å². The highest BCUT2D eigenvalue weighted by atomic mass is 32.2. The van der Waals surface area contributed by atoms with E-state index >= 15 is 0 Å². The molecule has 2 heterocycles. The summed E-state index contributed by atoms with van der Waals surface area (Å²) in [7, 11) is 0. The molecule has 0 spiro atoms. The van der Waals surface area contributed by atoms with Crippen LogP contribution in [-0.2, 0) is 12.8 Å². The second-order valence-electron chi connectivity index (χ2n) is 6.83. The second-order valence-corrected chi connectivity index (χ2v) is 8.68. The van der Waals surface area contributed by atoms with Crippen LogP contribution in [-0.4, -0.2) is 4.98 Å². The molecule has 3 rings (SSSR count). The molecule has 2 aromatic rings. The molecular weight excluding hydrogens is 372 g/mol. The predicted octanol–water partition coefficient (Wildman–Crippen LogP) is 5.59. The zero-order valence-corrected chi connectivity index (χ0v) is 18.3. The van der Waals surface area contributed by atoms with Gasteiger partial charge in [0, 0.05) is 16.9 Å². The number of aromatic nitrogens is 1. The van der Waals surface area contributed by atoms with Gasteiger partial charge in [-0.2, -0.15) is 0 Å². The highest BCUT2D eigenvalue weighted by Crippen LogP contribution is 2.31. The normalized spacial score (nSPS) is 12.4. The minimum absolute atomic E-state index is 0.488. The summed E-state index contributed by atoms with van der Waals surface area (Å²) in [6.07, 6.45) is 7.29. The molecule has 0 unspecified atom stereocenters. The Bertz CT molecular complexity index is 822. The first kappa shape index (κ1) is 21.5. The molecule has 146 valence electrons. The fourth-order valence-corrected chi connectivity index (χ4v) is 4.43. The van der Waals surface area contributed by atoms with E-state index in [-0.39, 0.29) is 0 Å². The van der Waals surface area contributed by atoms with Gasteiger partial charge in [-0.3, -0.25) is 10.1 Å². The van der Waals surface area contributed by atoms with Crippen molar-refractivity contribution in [3.05, 3.63) is 58.0 Å². The van der Waals surface area contributed by atoms with E-state index in [9.17, 15) is 0 Å². The summed E-state index contributed by atoms with van der Waals surface area (Å²) >= 11 is 3.04. The summed E-state index contributed by atoms with van der Waals surface area (Å²) in [5, 5.41) is 10.8. The summed E-state index contributed by atoms with van der Waals surface area (Å²) in [6, 6.07) is 2.15. The maximum Gasteiger partial charge on any atom is 0.0930 e. The first-order valence-corrected chi connectivity index (χ1v) is 11.0. The number of nitrogens with zero attached hydrogens (tertiary/aromatic N) is 1. The Kier molecular flexibility index (Phi) is 7.95. The van der Waals surface area contributed by atoms with Gasteiger partial charge in [-0.15, -0.1) is 11.3 Å². The van der Waals surface area contributed by atoms with Crippen LogP contribution in [0.5, 0.6) is 0 Å². The van der Waals surface area contributed by atoms with Gasteiger partial charge in [0.25, 0.3) is 0 Å². The molecule has 0 aliphatic heterocycles. The van der Waals surface area contributed by atoms with E-state index in [2.05, 4.69) is 61.2 Å². The molecule has 5 N–H and O–H groups in total. The molecule has 0 aromatic carbocycles. The molecule has 27 heavy (non-hydrogen) atoms. The van der Waals surface area contributed by atoms with Gasteiger partial charge in [-0.25, -0.2) is 0 Å². The number of rotatable bonds is 5. The number of hydrogen-bond acceptors (Lipinski definition) is 6. The quantitative estimate of drug-likeness (QED) is 0.568. The number of thiophene rings is 1. The minimum Gasteiger partial charge on any atom is -0.386 e. The van der Waals surface area contributed by atoms with E-state index in [0.29, 0.717) is 11.7 Å². The lowest BCUT2D eigenvalue weighted by molar-refractivity contribution is 0.870. The Morgan fingerprint density at radius 3 is 2.70 bits per heavy atom. The maximum absolute atomic E-state index is 5.69. The van der Waals surface area contributed by atoms with Crippen molar-refractivity contribution in [2.24, 2.45) is 10.9 Å². The van der Waals surface area contributed by atoms with Crippen LogP contribution in [0.4, 0.5) is 5.69 Å². The van der Waals surface area contributed by atoms with Crippen molar-refractivity contribution in [2.75, 3.05) is 5.32 Å². The molecule has 0 bridgehead atoms. The molecule has 4 nitrogen and oxygen atoms in total. The zero-order chi connectivity index (χ0) is 20.0. The monoisotopic (exact) mass is 402 g/mol. The number of nitrogens with two attached hydrogens (primary N) is 2. The van der Waals surface area contributed by atoms with Crippen LogP contribution in [0, 0.1) is 6.92 Å². The molecular formula is C21H30N4S2. The van der Waals surface area contributed by atoms with E-state index in [1.165, 1.54) is 32.8 Å². The van der Waals surface area contributed by atoms with Crippen molar-refractivity contribution in [3.8, 4) is 0 Å². The summed E-state index contributed by atoms with van der Waals surface area (Å²) in [6.45, 7) is 12.3. The second kappa shape index (κ2) is 9.97. The van der Waals surface area contributed by atoms with Crippen LogP contribution >= 0.6 is 23.3 Å². The fourth-order valence-electron chi connectivity index (χ4n) is 3.06. The zero-order valence-electron chi connectivity index (χ0n) is 16.6. The van der Waals surface area contributed by atoms with Gasteiger partial charge in [-0.1, -0.05) is 33.4 Å². The third-order valence-corrected chi connectivity index (χ3v) is 6.16. The summed E-state index contributed by atoms with van der Waals surface area (Å²) in [5.74, 6) is 1.11. The SMILES string of the molecule is C=C(N)Nc1c(CC)c(C)nc2c1CCC=C2.CC(C)c1csc(SN)c1. The average molecular weight is 403 g/mol. The largest absolute Gasteiger partial charge is 0.386 e. The smallest absolute Gasteiger partial charge is 0.0930 e. The van der Waals surface area contributed by atoms with Crippen molar-refractivity contribution < 1.29 is 0 Å². The molecule has 0 saturated heterocycles. The number of fused-ring (bicyclic) bond motifs is 1. The maximum atomic E-state index is 5.69. The number of allylic oxidation sites excluding steroid dienone is 1. The highest BCUT2D eigenvalue weighted by Gasteiger charge is 2.17. The van der Waals surface area contributed by atoms with E-state index in [1.54, 1.807) is 11.3 Å². The van der Waals surface area contributed by atoms with Crippen LogP contribution in [0.15, 0.2) is 34.1 Å². The molecule has 6 heteroatoms. The Morgan fingerprint density at radius 1 is 1.44 bits per heavy atom. The Labute approximate surface area is 171 Å². The van der Waals surface area contributed by atoms with Gasteiger partial charge in [0.2, 0.25) is 0 Å². The Morgan fingerprint density at radius 2 is 2.19 bits per heavy atom. The van der Waals surface area contributed by atoms with Crippen molar-refractivity contribution >= 4 is 35.0 Å². The minimum atomic E-state index is 0.488. The van der Waals surface area contributed by atoms with Crippen molar-refractivity contribution in [2.45, 2.75) is 57.1 Å². The van der Waals surface area contributed by atoms with Crippen molar-refractivity contribution in [1.82, 2.24) is 4.98 Å². The summed E-state index contributed by atoms with van der Waals surface area (Å²) in [5.41, 5.74) is 12.8. The van der Waals surface area contributed by atoms with Crippen LogP contribution in [0.1, 0.15) is 61.2 Å². The highest BCUT2D eigenvalue weighted by molar-refractivity contribution is 7.99. The van der Waals surface area contributed by atoms with E-state index < -0.39 is 0 Å². The number of aryl methyl sites for hydroxylation is 1. The number of pyridine rings is 1. The first-order chi connectivity index (χ1) is 12.9. The molecule has 0 radical (unpaired) electrons. The lowest BCUT2D eigenvalue weighted by Crippen LogP contribution is -2.14. The third-order valence-electron chi connectivity index (χ3n) is 4.49. The standard InChI is InChI=1S/C14H19N3.C7H11NS2/c1-4-11-9(2)16-13-8-6-5-7-12(13)14(11)17-10(3)15;1-5(2)6-3-7(10-8)9-4-6/h6,8H,3-5,7,15H2,1-2H3,(H,16,17);3-5H,8H2,1-2H3. The molecule has 0 saturated carbocycles. The molecule has 1 aliphatic carbocycles. The van der Waals surface area contributed by atoms with Gasteiger partial charge in [0.1, 0.15) is 0 Å².